The van der Waals surface area contributed by atoms with Crippen LogP contribution in [0.4, 0.5) is 0 Å². The van der Waals surface area contributed by atoms with Crippen molar-refractivity contribution in [2.75, 3.05) is 37.7 Å². The molecule has 0 N–H and O–H groups in total. The van der Waals surface area contributed by atoms with Crippen LogP contribution in [0.1, 0.15) is 22.3 Å². The molecule has 1 amide bonds. The van der Waals surface area contributed by atoms with Crippen LogP contribution in [0.5, 0.6) is 0 Å². The second-order valence-corrected chi connectivity index (χ2v) is 11.0. The van der Waals surface area contributed by atoms with E-state index in [4.69, 9.17) is 4.42 Å². The number of hydrogen-bond acceptors (Lipinski definition) is 7. The van der Waals surface area contributed by atoms with Crippen LogP contribution in [0.2, 0.25) is 0 Å². The molecule has 0 saturated carbocycles. The summed E-state index contributed by atoms with van der Waals surface area (Å²) in [4.78, 5) is 17.0. The molecule has 3 heterocycles. The topological polar surface area (TPSA) is 96.6 Å². The molecular formula is C24H26N4O4S. The van der Waals surface area contributed by atoms with Gasteiger partial charge in [-0.15, -0.1) is 10.2 Å². The summed E-state index contributed by atoms with van der Waals surface area (Å²) in [5, 5.41) is 8.30. The van der Waals surface area contributed by atoms with E-state index in [1.54, 1.807) is 12.1 Å². The first-order chi connectivity index (χ1) is 15.9. The van der Waals surface area contributed by atoms with Crippen LogP contribution in [-0.4, -0.2) is 78.0 Å². The third-order valence-corrected chi connectivity index (χ3v) is 8.15. The van der Waals surface area contributed by atoms with Crippen molar-refractivity contribution >= 4 is 15.7 Å². The largest absolute Gasteiger partial charge is 0.416 e. The molecule has 9 heteroatoms. The van der Waals surface area contributed by atoms with Gasteiger partial charge in [0.15, 0.2) is 9.84 Å². The fraction of sp³-hybridized carbons (Fsp3) is 0.375. The van der Waals surface area contributed by atoms with Gasteiger partial charge in [-0.2, -0.15) is 0 Å². The van der Waals surface area contributed by atoms with Gasteiger partial charge in [-0.25, -0.2) is 8.42 Å². The Labute approximate surface area is 193 Å². The van der Waals surface area contributed by atoms with Crippen molar-refractivity contribution in [1.82, 2.24) is 20.0 Å². The molecule has 2 fully saturated rings. The number of piperazine rings is 1. The lowest BCUT2D eigenvalue weighted by atomic mass is 10.1. The van der Waals surface area contributed by atoms with Gasteiger partial charge < -0.3 is 9.32 Å². The van der Waals surface area contributed by atoms with Gasteiger partial charge in [0.25, 0.3) is 5.91 Å². The van der Waals surface area contributed by atoms with Crippen LogP contribution < -0.4 is 0 Å². The molecule has 2 saturated heterocycles. The van der Waals surface area contributed by atoms with E-state index in [0.29, 0.717) is 49.9 Å². The monoisotopic (exact) mass is 466 g/mol. The molecule has 1 atom stereocenters. The average molecular weight is 467 g/mol. The summed E-state index contributed by atoms with van der Waals surface area (Å²) in [6.45, 7) is 4.61. The number of rotatable bonds is 4. The number of amides is 1. The Balaban J connectivity index is 1.22. The zero-order valence-corrected chi connectivity index (χ0v) is 19.3. The number of nitrogens with zero attached hydrogens (tertiary/aromatic N) is 4. The summed E-state index contributed by atoms with van der Waals surface area (Å²) in [6.07, 6.45) is 0.693. The first-order valence-electron chi connectivity index (χ1n) is 11.1. The van der Waals surface area contributed by atoms with Crippen molar-refractivity contribution in [2.24, 2.45) is 0 Å². The number of sulfone groups is 1. The summed E-state index contributed by atoms with van der Waals surface area (Å²) in [5.74, 6) is 1.36. The molecule has 2 aliphatic heterocycles. The van der Waals surface area contributed by atoms with Crippen molar-refractivity contribution in [3.05, 3.63) is 59.7 Å². The first kappa shape index (κ1) is 21.8. The number of hydrogen-bond donors (Lipinski definition) is 0. The summed E-state index contributed by atoms with van der Waals surface area (Å²) < 4.78 is 29.3. The van der Waals surface area contributed by atoms with E-state index >= 15 is 0 Å². The van der Waals surface area contributed by atoms with Crippen LogP contribution in [0, 0.1) is 6.92 Å². The second kappa shape index (κ2) is 8.72. The highest BCUT2D eigenvalue weighted by Crippen LogP contribution is 2.25. The first-order valence-corrected chi connectivity index (χ1v) is 12.9. The summed E-state index contributed by atoms with van der Waals surface area (Å²) in [5.41, 5.74) is 3.35. The van der Waals surface area contributed by atoms with Crippen LogP contribution >= 0.6 is 0 Å². The van der Waals surface area contributed by atoms with E-state index in [1.165, 1.54) is 0 Å². The molecule has 0 bridgehead atoms. The predicted molar refractivity (Wildman–Crippen MR) is 124 cm³/mol. The van der Waals surface area contributed by atoms with Crippen LogP contribution in [0.3, 0.4) is 0 Å². The minimum atomic E-state index is -2.90. The maximum atomic E-state index is 13.0. The molecule has 3 aromatic rings. The Morgan fingerprint density at radius 2 is 1.67 bits per heavy atom. The Hall–Kier alpha value is -3.04. The molecule has 172 valence electrons. The third kappa shape index (κ3) is 4.69. The molecule has 0 aliphatic carbocycles. The molecule has 33 heavy (non-hydrogen) atoms. The van der Waals surface area contributed by atoms with Gasteiger partial charge in [0.1, 0.15) is 0 Å². The molecule has 1 aromatic heterocycles. The molecule has 5 rings (SSSR count). The molecule has 0 spiro atoms. The number of carbonyl (C=O) groups is 1. The van der Waals surface area contributed by atoms with E-state index < -0.39 is 9.84 Å². The summed E-state index contributed by atoms with van der Waals surface area (Å²) in [6, 6.07) is 15.2. The van der Waals surface area contributed by atoms with Gasteiger partial charge in [0.2, 0.25) is 11.8 Å². The van der Waals surface area contributed by atoms with E-state index in [2.05, 4.69) is 15.1 Å². The minimum Gasteiger partial charge on any atom is -0.416 e. The number of aromatic nitrogens is 2. The minimum absolute atomic E-state index is 0.0220. The maximum Gasteiger partial charge on any atom is 0.253 e. The van der Waals surface area contributed by atoms with E-state index in [1.807, 2.05) is 48.2 Å². The van der Waals surface area contributed by atoms with E-state index in [9.17, 15) is 13.2 Å². The highest BCUT2D eigenvalue weighted by Gasteiger charge is 2.34. The van der Waals surface area contributed by atoms with Crippen LogP contribution in [0.25, 0.3) is 22.9 Å². The Morgan fingerprint density at radius 1 is 0.970 bits per heavy atom. The van der Waals surface area contributed by atoms with Crippen molar-refractivity contribution in [1.29, 1.82) is 0 Å². The second-order valence-electron chi connectivity index (χ2n) is 8.74. The Bertz CT molecular complexity index is 1260. The zero-order valence-electron chi connectivity index (χ0n) is 18.5. The quantitative estimate of drug-likeness (QED) is 0.583. The van der Waals surface area contributed by atoms with Crippen molar-refractivity contribution in [2.45, 2.75) is 19.4 Å². The summed E-state index contributed by atoms with van der Waals surface area (Å²) >= 11 is 0. The molecule has 2 aromatic carbocycles. The molecule has 1 unspecified atom stereocenters. The number of aryl methyl sites for hydroxylation is 1. The third-order valence-electron chi connectivity index (χ3n) is 6.40. The lowest BCUT2D eigenvalue weighted by molar-refractivity contribution is 0.0588. The Kier molecular flexibility index (Phi) is 5.76. The SMILES string of the molecule is Cc1cccc(-c2nnc(-c3ccc(C(=O)N4CCN(C5CCS(=O)(=O)C5)CC4)cc3)o2)c1. The van der Waals surface area contributed by atoms with Crippen LogP contribution in [-0.2, 0) is 9.84 Å². The normalized spacial score (nSPS) is 20.8. The molecular weight excluding hydrogens is 440 g/mol. The fourth-order valence-electron chi connectivity index (χ4n) is 4.53. The Morgan fingerprint density at radius 3 is 2.30 bits per heavy atom. The molecule has 2 aliphatic rings. The van der Waals surface area contributed by atoms with Crippen LogP contribution in [0.15, 0.2) is 52.9 Å². The van der Waals surface area contributed by atoms with E-state index in [-0.39, 0.29) is 23.5 Å². The highest BCUT2D eigenvalue weighted by atomic mass is 32.2. The van der Waals surface area contributed by atoms with Gasteiger partial charge in [-0.1, -0.05) is 17.7 Å². The molecule has 8 nitrogen and oxygen atoms in total. The molecule has 0 radical (unpaired) electrons. The fourth-order valence-corrected chi connectivity index (χ4v) is 6.29. The summed E-state index contributed by atoms with van der Waals surface area (Å²) in [7, 11) is -2.90. The number of carbonyl (C=O) groups excluding carboxylic acids is 1. The zero-order chi connectivity index (χ0) is 23.0. The average Bonchev–Trinajstić information content (AvgIpc) is 3.46. The van der Waals surface area contributed by atoms with Gasteiger partial charge in [-0.05, 0) is 49.7 Å². The highest BCUT2D eigenvalue weighted by molar-refractivity contribution is 7.91. The van der Waals surface area contributed by atoms with Gasteiger partial charge >= 0.3 is 0 Å². The maximum absolute atomic E-state index is 13.0. The standard InChI is InChI=1S/C24H26N4O4S/c1-17-3-2-4-20(15-17)23-26-25-22(32-23)18-5-7-19(8-6-18)24(29)28-12-10-27(11-13-28)21-9-14-33(30,31)16-21/h2-8,15,21H,9-14,16H2,1H3. The lowest BCUT2D eigenvalue weighted by Crippen LogP contribution is -2.52. The van der Waals surface area contributed by atoms with Crippen molar-refractivity contribution in [3.8, 4) is 22.9 Å². The van der Waals surface area contributed by atoms with Gasteiger partial charge in [0, 0.05) is 48.9 Å². The predicted octanol–water partition coefficient (Wildman–Crippen LogP) is 2.66. The number of benzene rings is 2. The van der Waals surface area contributed by atoms with Crippen molar-refractivity contribution in [3.63, 3.8) is 0 Å². The van der Waals surface area contributed by atoms with Crippen molar-refractivity contribution < 1.29 is 17.6 Å². The lowest BCUT2D eigenvalue weighted by Gasteiger charge is -2.37. The van der Waals surface area contributed by atoms with Gasteiger partial charge in [-0.3, -0.25) is 9.69 Å². The van der Waals surface area contributed by atoms with E-state index in [0.717, 1.165) is 16.7 Å². The van der Waals surface area contributed by atoms with Gasteiger partial charge in [0.05, 0.1) is 11.5 Å². The smallest absolute Gasteiger partial charge is 0.253 e.